The molecular formula is C22H29F3N4O3S. The Hall–Kier alpha value is -2.40. The van der Waals surface area contributed by atoms with Gasteiger partial charge in [0.15, 0.2) is 0 Å². The van der Waals surface area contributed by atoms with E-state index in [0.717, 1.165) is 12.8 Å². The standard InChI is InChI=1S/C22H29F3N4O3S/c1-13(14(2)32-21(3,4)5)31-19-18(22(23,24)25)12-27-20(29-19)28-15-6-8-16(9-7-15)33(26,30)17-10-11-17/h6-9,12-14,17,26H,10-11H2,1-5H3,(H,27,28,29)/t13-,14-,33?/m1/s1. The lowest BCUT2D eigenvalue weighted by Gasteiger charge is -2.29. The van der Waals surface area contributed by atoms with Crippen molar-refractivity contribution in [1.29, 1.82) is 4.78 Å². The molecule has 0 bridgehead atoms. The minimum Gasteiger partial charge on any atom is -0.471 e. The van der Waals surface area contributed by atoms with Gasteiger partial charge in [-0.2, -0.15) is 18.2 Å². The lowest BCUT2D eigenvalue weighted by Crippen LogP contribution is -2.36. The van der Waals surface area contributed by atoms with Gasteiger partial charge in [0, 0.05) is 22.0 Å². The summed E-state index contributed by atoms with van der Waals surface area (Å²) >= 11 is 0. The highest BCUT2D eigenvalue weighted by atomic mass is 32.2. The number of hydrogen-bond acceptors (Lipinski definition) is 7. The average Bonchev–Trinajstić information content (AvgIpc) is 3.52. The first kappa shape index (κ1) is 25.2. The largest absolute Gasteiger partial charge is 0.471 e. The second kappa shape index (κ2) is 9.09. The Morgan fingerprint density at radius 1 is 1.12 bits per heavy atom. The van der Waals surface area contributed by atoms with E-state index in [1.807, 2.05) is 20.8 Å². The molecular weight excluding hydrogens is 457 g/mol. The van der Waals surface area contributed by atoms with Crippen LogP contribution in [0.3, 0.4) is 0 Å². The number of aromatic nitrogens is 2. The number of benzene rings is 1. The van der Waals surface area contributed by atoms with Crippen LogP contribution in [-0.2, 0) is 20.6 Å². The highest BCUT2D eigenvalue weighted by Gasteiger charge is 2.37. The summed E-state index contributed by atoms with van der Waals surface area (Å²) in [6.07, 6.45) is -3.66. The van der Waals surface area contributed by atoms with Crippen LogP contribution in [0.15, 0.2) is 35.4 Å². The molecule has 0 aliphatic heterocycles. The van der Waals surface area contributed by atoms with Crippen LogP contribution in [-0.4, -0.2) is 37.2 Å². The number of alkyl halides is 3. The summed E-state index contributed by atoms with van der Waals surface area (Å²) in [4.78, 5) is 8.15. The van der Waals surface area contributed by atoms with E-state index in [4.69, 9.17) is 14.3 Å². The minimum absolute atomic E-state index is 0.0869. The Morgan fingerprint density at radius 2 is 1.73 bits per heavy atom. The molecule has 1 fully saturated rings. The molecule has 0 amide bonds. The van der Waals surface area contributed by atoms with Crippen LogP contribution in [0.25, 0.3) is 0 Å². The summed E-state index contributed by atoms with van der Waals surface area (Å²) in [5.74, 6) is -0.687. The highest BCUT2D eigenvalue weighted by molar-refractivity contribution is 7.93. The van der Waals surface area contributed by atoms with Gasteiger partial charge in [-0.25, -0.2) is 14.0 Å². The third-order valence-electron chi connectivity index (χ3n) is 5.01. The first-order valence-electron chi connectivity index (χ1n) is 10.6. The first-order valence-corrected chi connectivity index (χ1v) is 12.2. The Kier molecular flexibility index (Phi) is 6.95. The van der Waals surface area contributed by atoms with E-state index in [2.05, 4.69) is 15.3 Å². The van der Waals surface area contributed by atoms with Crippen molar-refractivity contribution in [2.75, 3.05) is 5.32 Å². The van der Waals surface area contributed by atoms with Gasteiger partial charge in [-0.15, -0.1) is 0 Å². The fourth-order valence-corrected chi connectivity index (χ4v) is 4.82. The fraction of sp³-hybridized carbons (Fsp3) is 0.545. The van der Waals surface area contributed by atoms with E-state index < -0.39 is 45.2 Å². The fourth-order valence-electron chi connectivity index (χ4n) is 3.10. The second-order valence-corrected chi connectivity index (χ2v) is 11.5. The summed E-state index contributed by atoms with van der Waals surface area (Å²) < 4.78 is 72.5. The van der Waals surface area contributed by atoms with E-state index in [-0.39, 0.29) is 11.2 Å². The Balaban J connectivity index is 1.81. The van der Waals surface area contributed by atoms with Crippen molar-refractivity contribution in [3.8, 4) is 5.88 Å². The molecule has 3 rings (SSSR count). The number of ether oxygens (including phenoxy) is 2. The number of nitrogens with zero attached hydrogens (tertiary/aromatic N) is 2. The third kappa shape index (κ3) is 6.57. The van der Waals surface area contributed by atoms with Crippen LogP contribution >= 0.6 is 0 Å². The molecule has 11 heteroatoms. The summed E-state index contributed by atoms with van der Waals surface area (Å²) in [5.41, 5.74) is -1.10. The Morgan fingerprint density at radius 3 is 2.24 bits per heavy atom. The number of rotatable bonds is 8. The summed E-state index contributed by atoms with van der Waals surface area (Å²) in [7, 11) is -2.83. The molecule has 1 unspecified atom stereocenters. The molecule has 3 atom stereocenters. The van der Waals surface area contributed by atoms with Crippen molar-refractivity contribution in [2.24, 2.45) is 0 Å². The summed E-state index contributed by atoms with van der Waals surface area (Å²) in [5, 5.41) is 2.72. The van der Waals surface area contributed by atoms with Gasteiger partial charge in [0.25, 0.3) is 0 Å². The average molecular weight is 487 g/mol. The van der Waals surface area contributed by atoms with Crippen molar-refractivity contribution in [3.05, 3.63) is 36.0 Å². The van der Waals surface area contributed by atoms with Crippen molar-refractivity contribution < 1.29 is 26.9 Å². The topological polar surface area (TPSA) is 97.2 Å². The summed E-state index contributed by atoms with van der Waals surface area (Å²) in [6, 6.07) is 6.33. The van der Waals surface area contributed by atoms with Crippen LogP contribution in [0.1, 0.15) is 53.0 Å². The zero-order chi connectivity index (χ0) is 24.6. The zero-order valence-corrected chi connectivity index (χ0v) is 20.0. The van der Waals surface area contributed by atoms with Gasteiger partial charge in [0.2, 0.25) is 11.8 Å². The second-order valence-electron chi connectivity index (χ2n) is 9.12. The molecule has 2 N–H and O–H groups in total. The number of halogens is 3. The SMILES string of the molecule is C[C@@H](Oc1nc(Nc2ccc(S(=N)(=O)C3CC3)cc2)ncc1C(F)(F)F)[C@@H](C)OC(C)(C)C. The van der Waals surface area contributed by atoms with Crippen LogP contribution in [0.5, 0.6) is 5.88 Å². The van der Waals surface area contributed by atoms with Crippen molar-refractivity contribution in [2.45, 2.75) is 81.6 Å². The quantitative estimate of drug-likeness (QED) is 0.491. The molecule has 0 spiro atoms. The molecule has 2 aromatic rings. The van der Waals surface area contributed by atoms with Crippen molar-refractivity contribution in [3.63, 3.8) is 0 Å². The van der Waals surface area contributed by atoms with Gasteiger partial charge in [-0.1, -0.05) is 0 Å². The first-order chi connectivity index (χ1) is 15.2. The molecule has 1 aliphatic rings. The zero-order valence-electron chi connectivity index (χ0n) is 19.2. The van der Waals surface area contributed by atoms with Crippen LogP contribution in [0.4, 0.5) is 24.8 Å². The van der Waals surface area contributed by atoms with Gasteiger partial charge in [-0.3, -0.25) is 0 Å². The van der Waals surface area contributed by atoms with Crippen LogP contribution < -0.4 is 10.1 Å². The maximum atomic E-state index is 13.5. The van der Waals surface area contributed by atoms with Gasteiger partial charge in [0.1, 0.15) is 11.7 Å². The molecule has 1 saturated carbocycles. The van der Waals surface area contributed by atoms with E-state index in [0.29, 0.717) is 16.8 Å². The predicted octanol–water partition coefficient (Wildman–Crippen LogP) is 5.78. The molecule has 1 heterocycles. The maximum Gasteiger partial charge on any atom is 0.423 e. The van der Waals surface area contributed by atoms with E-state index in [1.54, 1.807) is 38.1 Å². The molecule has 1 aromatic carbocycles. The van der Waals surface area contributed by atoms with Gasteiger partial charge >= 0.3 is 6.18 Å². The van der Waals surface area contributed by atoms with Crippen molar-refractivity contribution in [1.82, 2.24) is 9.97 Å². The van der Waals surface area contributed by atoms with E-state index in [1.165, 1.54) is 0 Å². The molecule has 33 heavy (non-hydrogen) atoms. The van der Waals surface area contributed by atoms with E-state index >= 15 is 0 Å². The summed E-state index contributed by atoms with van der Waals surface area (Å²) in [6.45, 7) is 8.87. The number of nitrogens with one attached hydrogen (secondary N) is 2. The maximum absolute atomic E-state index is 13.5. The van der Waals surface area contributed by atoms with Gasteiger partial charge < -0.3 is 14.8 Å². The molecule has 0 radical (unpaired) electrons. The van der Waals surface area contributed by atoms with Gasteiger partial charge in [0.05, 0.1) is 21.4 Å². The predicted molar refractivity (Wildman–Crippen MR) is 119 cm³/mol. The number of anilines is 2. The lowest BCUT2D eigenvalue weighted by molar-refractivity contribution is -0.141. The van der Waals surface area contributed by atoms with Crippen molar-refractivity contribution >= 4 is 21.4 Å². The molecule has 0 saturated heterocycles. The third-order valence-corrected chi connectivity index (χ3v) is 7.39. The normalized spacial score (nSPS) is 18.3. The highest BCUT2D eigenvalue weighted by Crippen LogP contribution is 2.37. The Bertz CT molecular complexity index is 1080. The molecule has 7 nitrogen and oxygen atoms in total. The Labute approximate surface area is 192 Å². The monoisotopic (exact) mass is 486 g/mol. The van der Waals surface area contributed by atoms with E-state index in [9.17, 15) is 17.4 Å². The molecule has 1 aromatic heterocycles. The minimum atomic E-state index is -4.69. The van der Waals surface area contributed by atoms with Crippen LogP contribution in [0.2, 0.25) is 0 Å². The molecule has 1 aliphatic carbocycles. The van der Waals surface area contributed by atoms with Crippen LogP contribution in [0, 0.1) is 4.78 Å². The lowest BCUT2D eigenvalue weighted by atomic mass is 10.1. The smallest absolute Gasteiger partial charge is 0.423 e. The number of hydrogen-bond donors (Lipinski definition) is 2. The van der Waals surface area contributed by atoms with Gasteiger partial charge in [-0.05, 0) is 71.7 Å². The molecule has 182 valence electrons.